The summed E-state index contributed by atoms with van der Waals surface area (Å²) in [7, 11) is 0. The Kier molecular flexibility index (Phi) is 5.56. The molecule has 3 rings (SSSR count). The second-order valence-electron chi connectivity index (χ2n) is 7.28. The Morgan fingerprint density at radius 3 is 2.37 bits per heavy atom. The lowest BCUT2D eigenvalue weighted by Crippen LogP contribution is -2.42. The average Bonchev–Trinajstić information content (AvgIpc) is 3.45. The molecule has 2 amide bonds. The van der Waals surface area contributed by atoms with Gasteiger partial charge in [0.05, 0.1) is 10.7 Å². The van der Waals surface area contributed by atoms with Gasteiger partial charge in [0, 0.05) is 13.1 Å². The largest absolute Gasteiger partial charge is 0.338 e. The van der Waals surface area contributed by atoms with E-state index in [0.29, 0.717) is 36.6 Å². The molecule has 142 valence electrons. The molecule has 2 aromatic rings. The summed E-state index contributed by atoms with van der Waals surface area (Å²) in [5, 5.41) is 3.41. The van der Waals surface area contributed by atoms with Gasteiger partial charge in [0.15, 0.2) is 0 Å². The van der Waals surface area contributed by atoms with Crippen LogP contribution in [0, 0.1) is 19.3 Å². The molecule has 0 aromatic heterocycles. The molecule has 4 nitrogen and oxygen atoms in total. The van der Waals surface area contributed by atoms with Crippen LogP contribution in [0.5, 0.6) is 0 Å². The maximum atomic E-state index is 13.2. The highest BCUT2D eigenvalue weighted by Gasteiger charge is 2.58. The molecular weight excluding hydrogens is 360 g/mol. The van der Waals surface area contributed by atoms with Crippen LogP contribution >= 0.6 is 11.6 Å². The van der Waals surface area contributed by atoms with Crippen LogP contribution in [0.4, 0.5) is 5.69 Å². The van der Waals surface area contributed by atoms with Crippen LogP contribution in [0.1, 0.15) is 36.5 Å². The molecule has 1 aliphatic rings. The van der Waals surface area contributed by atoms with E-state index in [1.54, 1.807) is 4.90 Å². The van der Waals surface area contributed by atoms with E-state index in [1.165, 1.54) is 0 Å². The van der Waals surface area contributed by atoms with Crippen LogP contribution < -0.4 is 5.32 Å². The Labute approximate surface area is 165 Å². The SMILES string of the molecule is CCN(Cc1ccccc1)C(=O)C1(C(=O)Nc2c(C)cc(C)cc2Cl)CC1. The zero-order chi connectivity index (χ0) is 19.6. The smallest absolute Gasteiger partial charge is 0.240 e. The average molecular weight is 385 g/mol. The van der Waals surface area contributed by atoms with Gasteiger partial charge in [0.25, 0.3) is 0 Å². The molecule has 5 heteroatoms. The normalized spacial score (nSPS) is 14.5. The van der Waals surface area contributed by atoms with Gasteiger partial charge in [-0.15, -0.1) is 0 Å². The zero-order valence-corrected chi connectivity index (χ0v) is 16.8. The van der Waals surface area contributed by atoms with Crippen LogP contribution in [-0.4, -0.2) is 23.3 Å². The highest BCUT2D eigenvalue weighted by atomic mass is 35.5. The van der Waals surface area contributed by atoms with E-state index in [1.807, 2.05) is 63.2 Å². The first kappa shape index (κ1) is 19.4. The summed E-state index contributed by atoms with van der Waals surface area (Å²) in [5.74, 6) is -0.361. The maximum absolute atomic E-state index is 13.2. The first-order valence-electron chi connectivity index (χ1n) is 9.29. The van der Waals surface area contributed by atoms with Crippen molar-refractivity contribution in [2.75, 3.05) is 11.9 Å². The van der Waals surface area contributed by atoms with Crippen molar-refractivity contribution in [1.82, 2.24) is 4.90 Å². The predicted molar refractivity (Wildman–Crippen MR) is 109 cm³/mol. The van der Waals surface area contributed by atoms with E-state index in [2.05, 4.69) is 5.32 Å². The lowest BCUT2D eigenvalue weighted by Gasteiger charge is -2.26. The summed E-state index contributed by atoms with van der Waals surface area (Å²) in [6.45, 7) is 6.88. The number of benzene rings is 2. The van der Waals surface area contributed by atoms with E-state index < -0.39 is 5.41 Å². The summed E-state index contributed by atoms with van der Waals surface area (Å²) >= 11 is 6.32. The van der Waals surface area contributed by atoms with Crippen molar-refractivity contribution in [2.45, 2.75) is 40.2 Å². The number of amides is 2. The van der Waals surface area contributed by atoms with E-state index in [9.17, 15) is 9.59 Å². The van der Waals surface area contributed by atoms with E-state index in [0.717, 1.165) is 16.7 Å². The number of anilines is 1. The number of nitrogens with zero attached hydrogens (tertiary/aromatic N) is 1. The molecule has 1 aliphatic carbocycles. The number of hydrogen-bond acceptors (Lipinski definition) is 2. The first-order chi connectivity index (χ1) is 12.9. The van der Waals surface area contributed by atoms with Crippen LogP contribution in [-0.2, 0) is 16.1 Å². The molecule has 0 heterocycles. The quantitative estimate of drug-likeness (QED) is 0.732. The Balaban J connectivity index is 1.77. The molecule has 0 unspecified atom stereocenters. The third kappa shape index (κ3) is 4.01. The number of nitrogens with one attached hydrogen (secondary N) is 1. The van der Waals surface area contributed by atoms with Gasteiger partial charge in [-0.05, 0) is 56.4 Å². The van der Waals surface area contributed by atoms with Gasteiger partial charge in [0.1, 0.15) is 5.41 Å². The first-order valence-corrected chi connectivity index (χ1v) is 9.66. The monoisotopic (exact) mass is 384 g/mol. The molecule has 1 N–H and O–H groups in total. The van der Waals surface area contributed by atoms with Crippen molar-refractivity contribution >= 4 is 29.1 Å². The number of aryl methyl sites for hydroxylation is 2. The van der Waals surface area contributed by atoms with Gasteiger partial charge in [-0.25, -0.2) is 0 Å². The van der Waals surface area contributed by atoms with Gasteiger partial charge < -0.3 is 10.2 Å². The lowest BCUT2D eigenvalue weighted by molar-refractivity contribution is -0.142. The summed E-state index contributed by atoms with van der Waals surface area (Å²) < 4.78 is 0. The van der Waals surface area contributed by atoms with Crippen molar-refractivity contribution in [3.8, 4) is 0 Å². The highest BCUT2D eigenvalue weighted by molar-refractivity contribution is 6.34. The van der Waals surface area contributed by atoms with Gasteiger partial charge in [-0.1, -0.05) is 48.0 Å². The summed E-state index contributed by atoms with van der Waals surface area (Å²) in [6.07, 6.45) is 1.15. The van der Waals surface area contributed by atoms with Crippen LogP contribution in [0.3, 0.4) is 0 Å². The maximum Gasteiger partial charge on any atom is 0.240 e. The summed E-state index contributed by atoms with van der Waals surface area (Å²) in [5.41, 5.74) is 2.62. The molecule has 0 bridgehead atoms. The molecule has 0 saturated heterocycles. The molecule has 27 heavy (non-hydrogen) atoms. The van der Waals surface area contributed by atoms with Crippen molar-refractivity contribution < 1.29 is 9.59 Å². The van der Waals surface area contributed by atoms with Gasteiger partial charge in [0.2, 0.25) is 11.8 Å². The Hall–Kier alpha value is -2.33. The van der Waals surface area contributed by atoms with E-state index >= 15 is 0 Å². The standard InChI is InChI=1S/C22H25ClN2O2/c1-4-25(14-17-8-6-5-7-9-17)21(27)22(10-11-22)20(26)24-19-16(3)12-15(2)13-18(19)23/h5-9,12-13H,4,10-11,14H2,1-3H3,(H,24,26). The predicted octanol–water partition coefficient (Wildman–Crippen LogP) is 4.72. The molecular formula is C22H25ClN2O2. The van der Waals surface area contributed by atoms with Crippen LogP contribution in [0.2, 0.25) is 5.02 Å². The fourth-order valence-corrected chi connectivity index (χ4v) is 3.77. The zero-order valence-electron chi connectivity index (χ0n) is 16.0. The number of carbonyl (C=O) groups is 2. The van der Waals surface area contributed by atoms with Crippen LogP contribution in [0.25, 0.3) is 0 Å². The van der Waals surface area contributed by atoms with Crippen molar-refractivity contribution in [1.29, 1.82) is 0 Å². The fourth-order valence-electron chi connectivity index (χ4n) is 3.40. The number of halogens is 1. The molecule has 0 aliphatic heterocycles. The van der Waals surface area contributed by atoms with Gasteiger partial charge in [-0.2, -0.15) is 0 Å². The van der Waals surface area contributed by atoms with E-state index in [4.69, 9.17) is 11.6 Å². The van der Waals surface area contributed by atoms with Crippen molar-refractivity contribution in [2.24, 2.45) is 5.41 Å². The Bertz CT molecular complexity index is 837. The van der Waals surface area contributed by atoms with Crippen LogP contribution in [0.15, 0.2) is 42.5 Å². The Morgan fingerprint density at radius 1 is 1.15 bits per heavy atom. The lowest BCUT2D eigenvalue weighted by atomic mass is 10.0. The highest BCUT2D eigenvalue weighted by Crippen LogP contribution is 2.48. The van der Waals surface area contributed by atoms with E-state index in [-0.39, 0.29) is 11.8 Å². The minimum atomic E-state index is -0.967. The van der Waals surface area contributed by atoms with Gasteiger partial charge >= 0.3 is 0 Å². The molecule has 0 radical (unpaired) electrons. The molecule has 2 aromatic carbocycles. The number of carbonyl (C=O) groups excluding carboxylic acids is 2. The topological polar surface area (TPSA) is 49.4 Å². The second-order valence-corrected chi connectivity index (χ2v) is 7.69. The molecule has 1 fully saturated rings. The van der Waals surface area contributed by atoms with Crippen molar-refractivity contribution in [3.63, 3.8) is 0 Å². The molecule has 0 atom stereocenters. The van der Waals surface area contributed by atoms with Gasteiger partial charge in [-0.3, -0.25) is 9.59 Å². The number of hydrogen-bond donors (Lipinski definition) is 1. The minimum Gasteiger partial charge on any atom is -0.338 e. The molecule has 0 spiro atoms. The fraction of sp³-hybridized carbons (Fsp3) is 0.364. The minimum absolute atomic E-state index is 0.104. The summed E-state index contributed by atoms with van der Waals surface area (Å²) in [6, 6.07) is 13.6. The third-order valence-electron chi connectivity index (χ3n) is 5.15. The second kappa shape index (κ2) is 7.73. The van der Waals surface area contributed by atoms with Crippen molar-refractivity contribution in [3.05, 3.63) is 64.2 Å². The molecule has 1 saturated carbocycles. The third-order valence-corrected chi connectivity index (χ3v) is 5.45. The number of rotatable bonds is 6. The summed E-state index contributed by atoms with van der Waals surface area (Å²) in [4.78, 5) is 27.9. The Morgan fingerprint density at radius 2 is 1.81 bits per heavy atom.